The summed E-state index contributed by atoms with van der Waals surface area (Å²) in [4.78, 5) is 39.6. The van der Waals surface area contributed by atoms with Crippen molar-refractivity contribution in [1.82, 2.24) is 24.1 Å². The van der Waals surface area contributed by atoms with Crippen molar-refractivity contribution in [3.05, 3.63) is 135 Å². The predicted molar refractivity (Wildman–Crippen MR) is 245 cm³/mol. The monoisotopic (exact) mass is 903 g/mol. The third-order valence-corrected chi connectivity index (χ3v) is 14.3. The largest absolute Gasteiger partial charge is 0.322 e. The van der Waals surface area contributed by atoms with Crippen molar-refractivity contribution in [1.29, 1.82) is 0 Å². The fourth-order valence-electron chi connectivity index (χ4n) is 6.71. The van der Waals surface area contributed by atoms with Gasteiger partial charge in [0, 0.05) is 83.4 Å². The Kier molecular flexibility index (Phi) is 14.7. The van der Waals surface area contributed by atoms with Gasteiger partial charge in [-0.25, -0.2) is 28.0 Å². The maximum Gasteiger partial charge on any atom is 0.322 e. The quantitative estimate of drug-likeness (QED) is 0.106. The van der Waals surface area contributed by atoms with Crippen LogP contribution in [0.15, 0.2) is 113 Å². The molecule has 60 heavy (non-hydrogen) atoms. The highest BCUT2D eigenvalue weighted by Gasteiger charge is 2.30. The summed E-state index contributed by atoms with van der Waals surface area (Å²) in [6.45, 7) is 12.2. The first-order valence-corrected chi connectivity index (χ1v) is 23.3. The van der Waals surface area contributed by atoms with Crippen LogP contribution in [-0.2, 0) is 23.1 Å². The van der Waals surface area contributed by atoms with Crippen molar-refractivity contribution in [2.75, 3.05) is 17.2 Å². The lowest BCUT2D eigenvalue weighted by Gasteiger charge is -2.30. The fraction of sp³-hybridized carbons (Fsp3) is 0.273. The Labute approximate surface area is 370 Å². The van der Waals surface area contributed by atoms with Gasteiger partial charge in [-0.2, -0.15) is 4.31 Å². The second kappa shape index (κ2) is 19.7. The zero-order chi connectivity index (χ0) is 43.1. The number of benzene rings is 4. The minimum absolute atomic E-state index is 0.0928. The highest BCUT2D eigenvalue weighted by atomic mass is 35.5. The third kappa shape index (κ3) is 10.7. The Morgan fingerprint density at radius 3 is 1.82 bits per heavy atom. The summed E-state index contributed by atoms with van der Waals surface area (Å²) in [5, 5.41) is 12.1. The van der Waals surface area contributed by atoms with Gasteiger partial charge < -0.3 is 20.4 Å². The topological polar surface area (TPSA) is 128 Å². The third-order valence-electron chi connectivity index (χ3n) is 9.88. The van der Waals surface area contributed by atoms with Crippen molar-refractivity contribution >= 4 is 79.3 Å². The number of nitrogens with one attached hydrogen (secondary N) is 2. The molecule has 0 saturated heterocycles. The normalized spacial score (nSPS) is 12.2. The number of hydrogen-bond acceptors (Lipinski definition) is 8. The summed E-state index contributed by atoms with van der Waals surface area (Å²) in [6.07, 6.45) is 3.49. The van der Waals surface area contributed by atoms with E-state index in [1.54, 1.807) is 70.8 Å². The molecule has 0 bridgehead atoms. The van der Waals surface area contributed by atoms with E-state index in [-0.39, 0.29) is 42.1 Å². The number of aromatic nitrogens is 2. The van der Waals surface area contributed by atoms with Crippen LogP contribution in [0.5, 0.6) is 0 Å². The molecule has 4 amide bonds. The number of thiazole rings is 2. The van der Waals surface area contributed by atoms with Crippen LogP contribution in [0.2, 0.25) is 10.0 Å². The Morgan fingerprint density at radius 2 is 1.25 bits per heavy atom. The first-order valence-electron chi connectivity index (χ1n) is 19.4. The van der Waals surface area contributed by atoms with Crippen LogP contribution < -0.4 is 10.6 Å². The van der Waals surface area contributed by atoms with Crippen molar-refractivity contribution in [3.63, 3.8) is 0 Å². The number of hydrogen-bond donors (Lipinski definition) is 2. The van der Waals surface area contributed by atoms with Gasteiger partial charge in [0.25, 0.3) is 0 Å². The number of rotatable bonds is 15. The molecule has 6 rings (SSSR count). The average Bonchev–Trinajstić information content (AvgIpc) is 3.97. The summed E-state index contributed by atoms with van der Waals surface area (Å²) < 4.78 is 30.1. The summed E-state index contributed by atoms with van der Waals surface area (Å²) in [5.41, 5.74) is 5.29. The molecule has 0 radical (unpaired) electrons. The maximum absolute atomic E-state index is 14.3. The van der Waals surface area contributed by atoms with E-state index in [0.29, 0.717) is 28.0 Å². The SMILES string of the molecule is CCN(C(C)c1cc(CN(C(=O)Nc2ccc(Cl)c(Cl)c2)C(C)C)cc(-c2nccs2)c1)S(=O)(=O)c1ccc(NC(=O)N(Cc2cccc(-c3nccs3)c2)C(C)C)cc1. The summed E-state index contributed by atoms with van der Waals surface area (Å²) >= 11 is 15.3. The lowest BCUT2D eigenvalue weighted by atomic mass is 10.0. The first-order chi connectivity index (χ1) is 28.6. The second-order valence-electron chi connectivity index (χ2n) is 14.7. The molecule has 314 valence electrons. The second-order valence-corrected chi connectivity index (χ2v) is 19.2. The average molecular weight is 905 g/mol. The molecule has 0 aliphatic heterocycles. The number of carbonyl (C=O) groups is 2. The molecule has 0 fully saturated rings. The van der Waals surface area contributed by atoms with Crippen molar-refractivity contribution in [2.24, 2.45) is 0 Å². The molecule has 16 heteroatoms. The minimum Gasteiger partial charge on any atom is -0.318 e. The lowest BCUT2D eigenvalue weighted by molar-refractivity contribution is 0.193. The predicted octanol–water partition coefficient (Wildman–Crippen LogP) is 11.9. The fourth-order valence-corrected chi connectivity index (χ4v) is 9.90. The number of amides is 4. The Balaban J connectivity index is 1.20. The Bertz CT molecular complexity index is 2520. The standard InChI is InChI=1S/C44H47Cl2N7O4S3/c1-7-53(60(56,57)38-14-11-36(12-15-38)49-43(54)51(28(2)3)26-31-9-8-10-33(21-31)41-47-17-19-58-41)30(6)34-22-32(23-35(24-34)42-48-18-20-59-42)27-52(29(4)5)44(55)50-37-13-16-39(45)40(46)25-37/h8-25,28-30H,7,26-27H2,1-6H3,(H,49,54)(H,50,55). The molecule has 0 aliphatic rings. The zero-order valence-electron chi connectivity index (χ0n) is 34.1. The van der Waals surface area contributed by atoms with Crippen molar-refractivity contribution in [3.8, 4) is 21.1 Å². The van der Waals surface area contributed by atoms with Gasteiger partial charge >= 0.3 is 12.1 Å². The first kappa shape index (κ1) is 44.7. The van der Waals surface area contributed by atoms with Gasteiger partial charge in [-0.1, -0.05) is 54.4 Å². The number of nitrogens with zero attached hydrogens (tertiary/aromatic N) is 5. The molecular weight excluding hydrogens is 858 g/mol. The molecule has 0 spiro atoms. The number of carbonyl (C=O) groups excluding carboxylic acids is 2. The van der Waals surface area contributed by atoms with Crippen LogP contribution in [0.25, 0.3) is 21.1 Å². The molecule has 11 nitrogen and oxygen atoms in total. The van der Waals surface area contributed by atoms with Gasteiger partial charge in [0.15, 0.2) is 0 Å². The van der Waals surface area contributed by atoms with Crippen LogP contribution in [0.1, 0.15) is 64.3 Å². The van der Waals surface area contributed by atoms with Gasteiger partial charge in [-0.3, -0.25) is 0 Å². The molecular formula is C44H47Cl2N7O4S3. The van der Waals surface area contributed by atoms with E-state index in [2.05, 4.69) is 20.6 Å². The zero-order valence-corrected chi connectivity index (χ0v) is 38.1. The summed E-state index contributed by atoms with van der Waals surface area (Å²) in [7, 11) is -4.01. The molecule has 1 atom stereocenters. The van der Waals surface area contributed by atoms with Gasteiger partial charge in [0.1, 0.15) is 10.0 Å². The molecule has 2 N–H and O–H groups in total. The molecule has 6 aromatic rings. The summed E-state index contributed by atoms with van der Waals surface area (Å²) in [6, 6.07) is 23.5. The number of anilines is 2. The number of urea groups is 2. The molecule has 1 unspecified atom stereocenters. The highest BCUT2D eigenvalue weighted by Crippen LogP contribution is 2.34. The van der Waals surface area contributed by atoms with E-state index < -0.39 is 16.1 Å². The van der Waals surface area contributed by atoms with E-state index in [1.165, 1.54) is 27.8 Å². The van der Waals surface area contributed by atoms with Gasteiger partial charge in [0.2, 0.25) is 10.0 Å². The van der Waals surface area contributed by atoms with Crippen LogP contribution in [0.4, 0.5) is 21.0 Å². The van der Waals surface area contributed by atoms with Crippen molar-refractivity contribution in [2.45, 2.75) is 77.7 Å². The molecule has 4 aromatic carbocycles. The number of sulfonamides is 1. The molecule has 2 heterocycles. The minimum atomic E-state index is -4.01. The Hall–Kier alpha value is -4.83. The van der Waals surface area contributed by atoms with Crippen LogP contribution in [0, 0.1) is 0 Å². The molecule has 2 aromatic heterocycles. The van der Waals surface area contributed by atoms with Gasteiger partial charge in [-0.05, 0) is 112 Å². The smallest absolute Gasteiger partial charge is 0.318 e. The molecule has 0 saturated carbocycles. The van der Waals surface area contributed by atoms with E-state index in [1.807, 2.05) is 87.8 Å². The van der Waals surface area contributed by atoms with Crippen molar-refractivity contribution < 1.29 is 18.0 Å². The van der Waals surface area contributed by atoms with Crippen LogP contribution >= 0.6 is 45.9 Å². The summed E-state index contributed by atoms with van der Waals surface area (Å²) in [5.74, 6) is 0. The van der Waals surface area contributed by atoms with Crippen LogP contribution in [-0.4, -0.2) is 63.2 Å². The lowest BCUT2D eigenvalue weighted by Crippen LogP contribution is -2.39. The maximum atomic E-state index is 14.3. The highest BCUT2D eigenvalue weighted by molar-refractivity contribution is 7.89. The van der Waals surface area contributed by atoms with E-state index >= 15 is 0 Å². The Morgan fingerprint density at radius 1 is 0.683 bits per heavy atom. The van der Waals surface area contributed by atoms with E-state index in [4.69, 9.17) is 23.2 Å². The van der Waals surface area contributed by atoms with Gasteiger partial charge in [0.05, 0.1) is 14.9 Å². The van der Waals surface area contributed by atoms with Gasteiger partial charge in [-0.15, -0.1) is 22.7 Å². The molecule has 0 aliphatic carbocycles. The van der Waals surface area contributed by atoms with Crippen LogP contribution in [0.3, 0.4) is 0 Å². The van der Waals surface area contributed by atoms with E-state index in [9.17, 15) is 18.0 Å². The van der Waals surface area contributed by atoms with E-state index in [0.717, 1.165) is 37.8 Å². The number of halogens is 2.